The van der Waals surface area contributed by atoms with Gasteiger partial charge in [-0.05, 0) is 50.9 Å². The maximum atomic E-state index is 12.3. The van der Waals surface area contributed by atoms with Crippen molar-refractivity contribution in [3.05, 3.63) is 29.0 Å². The van der Waals surface area contributed by atoms with Gasteiger partial charge in [-0.1, -0.05) is 11.6 Å². The summed E-state index contributed by atoms with van der Waals surface area (Å²) in [5.41, 5.74) is 1.82. The molecule has 2 amide bonds. The van der Waals surface area contributed by atoms with Gasteiger partial charge >= 0.3 is 6.03 Å². The predicted molar refractivity (Wildman–Crippen MR) is 106 cm³/mol. The lowest BCUT2D eigenvalue weighted by Crippen LogP contribution is -2.41. The molecule has 1 fully saturated rings. The normalized spacial score (nSPS) is 18.0. The van der Waals surface area contributed by atoms with E-state index in [2.05, 4.69) is 34.0 Å². The van der Waals surface area contributed by atoms with Gasteiger partial charge in [0.2, 0.25) is 0 Å². The van der Waals surface area contributed by atoms with Gasteiger partial charge in [-0.25, -0.2) is 9.78 Å². The van der Waals surface area contributed by atoms with E-state index in [0.717, 1.165) is 42.9 Å². The summed E-state index contributed by atoms with van der Waals surface area (Å²) in [5.74, 6) is 1.42. The van der Waals surface area contributed by atoms with Gasteiger partial charge in [0.05, 0.1) is 11.0 Å². The standard InChI is InChI=1S/C19H28ClN5O/c1-13(2)25-9-6-14(12-25)11-21-19(26)24(3)8-7-18-22-16-5-4-15(20)10-17(16)23-18/h4-5,10,13-14H,6-9,11-12H2,1-3H3,(H,21,26)(H,22,23). The molecule has 3 rings (SSSR count). The molecule has 1 atom stereocenters. The number of likely N-dealkylation sites (N-methyl/N-ethyl adjacent to an activating group) is 1. The monoisotopic (exact) mass is 377 g/mol. The fourth-order valence-electron chi connectivity index (χ4n) is 3.39. The van der Waals surface area contributed by atoms with E-state index in [1.807, 2.05) is 25.2 Å². The second-order valence-electron chi connectivity index (χ2n) is 7.45. The van der Waals surface area contributed by atoms with Crippen LogP contribution in [-0.2, 0) is 6.42 Å². The van der Waals surface area contributed by atoms with E-state index in [1.54, 1.807) is 4.90 Å². The van der Waals surface area contributed by atoms with Crippen LogP contribution in [0.15, 0.2) is 18.2 Å². The van der Waals surface area contributed by atoms with Crippen molar-refractivity contribution in [2.75, 3.05) is 33.2 Å². The zero-order valence-electron chi connectivity index (χ0n) is 15.8. The highest BCUT2D eigenvalue weighted by molar-refractivity contribution is 6.31. The Hall–Kier alpha value is -1.79. The van der Waals surface area contributed by atoms with Crippen molar-refractivity contribution in [1.82, 2.24) is 25.1 Å². The fourth-order valence-corrected chi connectivity index (χ4v) is 3.57. The zero-order chi connectivity index (χ0) is 18.7. The lowest BCUT2D eigenvalue weighted by atomic mass is 10.1. The number of nitrogens with zero attached hydrogens (tertiary/aromatic N) is 3. The van der Waals surface area contributed by atoms with Crippen LogP contribution >= 0.6 is 11.6 Å². The minimum Gasteiger partial charge on any atom is -0.342 e. The summed E-state index contributed by atoms with van der Waals surface area (Å²) in [6.45, 7) is 8.01. The van der Waals surface area contributed by atoms with Crippen molar-refractivity contribution < 1.29 is 4.79 Å². The van der Waals surface area contributed by atoms with Crippen LogP contribution in [0.3, 0.4) is 0 Å². The molecule has 1 aromatic heterocycles. The van der Waals surface area contributed by atoms with E-state index >= 15 is 0 Å². The Labute approximate surface area is 159 Å². The smallest absolute Gasteiger partial charge is 0.317 e. The third-order valence-corrected chi connectivity index (χ3v) is 5.35. The number of hydrogen-bond acceptors (Lipinski definition) is 3. The Morgan fingerprint density at radius 2 is 2.31 bits per heavy atom. The number of carbonyl (C=O) groups is 1. The Kier molecular flexibility index (Phi) is 6.04. The molecule has 142 valence electrons. The number of aromatic nitrogens is 2. The van der Waals surface area contributed by atoms with E-state index in [0.29, 0.717) is 29.9 Å². The molecule has 0 bridgehead atoms. The zero-order valence-corrected chi connectivity index (χ0v) is 16.5. The van der Waals surface area contributed by atoms with Crippen molar-refractivity contribution >= 4 is 28.7 Å². The van der Waals surface area contributed by atoms with Gasteiger partial charge in [0.15, 0.2) is 0 Å². The Bertz CT molecular complexity index is 759. The number of nitrogens with one attached hydrogen (secondary N) is 2. The molecule has 0 spiro atoms. The summed E-state index contributed by atoms with van der Waals surface area (Å²) in [5, 5.41) is 3.75. The number of halogens is 1. The molecule has 26 heavy (non-hydrogen) atoms. The third-order valence-electron chi connectivity index (χ3n) is 5.11. The molecule has 0 radical (unpaired) electrons. The van der Waals surface area contributed by atoms with E-state index in [-0.39, 0.29) is 6.03 Å². The number of imidazole rings is 1. The first kappa shape index (κ1) is 19.0. The highest BCUT2D eigenvalue weighted by atomic mass is 35.5. The molecule has 1 unspecified atom stereocenters. The van der Waals surface area contributed by atoms with Crippen LogP contribution in [0.4, 0.5) is 4.79 Å². The summed E-state index contributed by atoms with van der Waals surface area (Å²) in [6, 6.07) is 6.16. The highest BCUT2D eigenvalue weighted by Crippen LogP contribution is 2.18. The average Bonchev–Trinajstić information content (AvgIpc) is 3.23. The molecule has 1 aliphatic heterocycles. The van der Waals surface area contributed by atoms with Gasteiger partial charge in [0.25, 0.3) is 0 Å². The van der Waals surface area contributed by atoms with Crippen LogP contribution in [0, 0.1) is 5.92 Å². The van der Waals surface area contributed by atoms with Gasteiger partial charge in [0, 0.05) is 44.2 Å². The molecule has 0 aliphatic carbocycles. The largest absolute Gasteiger partial charge is 0.342 e. The molecule has 6 nitrogen and oxygen atoms in total. The van der Waals surface area contributed by atoms with E-state index in [9.17, 15) is 4.79 Å². The first-order valence-electron chi connectivity index (χ1n) is 9.29. The fraction of sp³-hybridized carbons (Fsp3) is 0.579. The summed E-state index contributed by atoms with van der Waals surface area (Å²) >= 11 is 6.00. The Morgan fingerprint density at radius 1 is 1.50 bits per heavy atom. The number of rotatable bonds is 6. The number of hydrogen-bond donors (Lipinski definition) is 2. The molecular weight excluding hydrogens is 350 g/mol. The molecule has 7 heteroatoms. The minimum absolute atomic E-state index is 0.0212. The number of aromatic amines is 1. The maximum Gasteiger partial charge on any atom is 0.317 e. The lowest BCUT2D eigenvalue weighted by Gasteiger charge is -2.21. The van der Waals surface area contributed by atoms with Gasteiger partial charge in [-0.3, -0.25) is 0 Å². The van der Waals surface area contributed by atoms with Gasteiger partial charge in [-0.15, -0.1) is 0 Å². The molecule has 2 aromatic rings. The third kappa shape index (κ3) is 4.68. The molecule has 2 N–H and O–H groups in total. The molecule has 1 aliphatic rings. The maximum absolute atomic E-state index is 12.3. The van der Waals surface area contributed by atoms with Gasteiger partial charge in [-0.2, -0.15) is 0 Å². The average molecular weight is 378 g/mol. The predicted octanol–water partition coefficient (Wildman–Crippen LogP) is 3.13. The first-order valence-corrected chi connectivity index (χ1v) is 9.67. The van der Waals surface area contributed by atoms with Crippen LogP contribution in [0.5, 0.6) is 0 Å². The van der Waals surface area contributed by atoms with Crippen LogP contribution in [0.25, 0.3) is 11.0 Å². The summed E-state index contributed by atoms with van der Waals surface area (Å²) in [6.07, 6.45) is 1.84. The van der Waals surface area contributed by atoms with E-state index < -0.39 is 0 Å². The van der Waals surface area contributed by atoms with Gasteiger partial charge in [0.1, 0.15) is 5.82 Å². The number of carbonyl (C=O) groups excluding carboxylic acids is 1. The topological polar surface area (TPSA) is 64.3 Å². The molecule has 1 saturated heterocycles. The Morgan fingerprint density at radius 3 is 3.04 bits per heavy atom. The van der Waals surface area contributed by atoms with Crippen molar-refractivity contribution in [1.29, 1.82) is 0 Å². The number of likely N-dealkylation sites (tertiary alicyclic amines) is 1. The summed E-state index contributed by atoms with van der Waals surface area (Å²) < 4.78 is 0. The molecule has 1 aromatic carbocycles. The molecule has 0 saturated carbocycles. The van der Waals surface area contributed by atoms with Crippen LogP contribution in [0.1, 0.15) is 26.1 Å². The number of fused-ring (bicyclic) bond motifs is 1. The van der Waals surface area contributed by atoms with Crippen molar-refractivity contribution in [2.24, 2.45) is 5.92 Å². The second-order valence-corrected chi connectivity index (χ2v) is 7.88. The second kappa shape index (κ2) is 8.27. The van der Waals surface area contributed by atoms with Crippen molar-refractivity contribution in [2.45, 2.75) is 32.7 Å². The number of urea groups is 1. The molecule has 2 heterocycles. The number of H-pyrrole nitrogens is 1. The number of benzene rings is 1. The van der Waals surface area contributed by atoms with Gasteiger partial charge < -0.3 is 20.1 Å². The van der Waals surface area contributed by atoms with Crippen LogP contribution in [-0.4, -0.2) is 65.1 Å². The molecular formula is C19H28ClN5O. The highest BCUT2D eigenvalue weighted by Gasteiger charge is 2.24. The first-order chi connectivity index (χ1) is 12.4. The van der Waals surface area contributed by atoms with Crippen molar-refractivity contribution in [3.63, 3.8) is 0 Å². The van der Waals surface area contributed by atoms with Crippen LogP contribution in [0.2, 0.25) is 5.02 Å². The van der Waals surface area contributed by atoms with E-state index in [4.69, 9.17) is 11.6 Å². The minimum atomic E-state index is -0.0212. The van der Waals surface area contributed by atoms with Crippen LogP contribution < -0.4 is 5.32 Å². The SMILES string of the molecule is CC(C)N1CCC(CNC(=O)N(C)CCc2nc3ccc(Cl)cc3[nH]2)C1. The summed E-state index contributed by atoms with van der Waals surface area (Å²) in [4.78, 5) is 24.3. The van der Waals surface area contributed by atoms with Crippen molar-refractivity contribution in [3.8, 4) is 0 Å². The van der Waals surface area contributed by atoms with E-state index in [1.165, 1.54) is 0 Å². The lowest BCUT2D eigenvalue weighted by molar-refractivity contribution is 0.206. The number of amides is 2. The Balaban J connectivity index is 1.43. The summed E-state index contributed by atoms with van der Waals surface area (Å²) in [7, 11) is 1.82. The quantitative estimate of drug-likeness (QED) is 0.812.